The van der Waals surface area contributed by atoms with Crippen molar-refractivity contribution in [2.75, 3.05) is 18.4 Å². The van der Waals surface area contributed by atoms with Gasteiger partial charge in [0.1, 0.15) is 17.2 Å². The molecular weight excluding hydrogens is 420 g/mol. The maximum Gasteiger partial charge on any atom is 0.263 e. The number of amides is 1. The Hall–Kier alpha value is -2.51. The molecule has 0 unspecified atom stereocenters. The molecule has 0 spiro atoms. The van der Waals surface area contributed by atoms with Crippen LogP contribution in [-0.2, 0) is 23.3 Å². The summed E-state index contributed by atoms with van der Waals surface area (Å²) in [6.45, 7) is 16.7. The molecule has 0 saturated heterocycles. The molecule has 32 heavy (non-hydrogen) atoms. The first kappa shape index (κ1) is 24.1. The lowest BCUT2D eigenvalue weighted by atomic mass is 9.87. The van der Waals surface area contributed by atoms with Crippen LogP contribution in [0.3, 0.4) is 0 Å². The average molecular weight is 455 g/mol. The first-order valence-electron chi connectivity index (χ1n) is 11.2. The van der Waals surface area contributed by atoms with Crippen molar-refractivity contribution in [3.8, 4) is 0 Å². The number of anilines is 1. The smallest absolute Gasteiger partial charge is 0.263 e. The quantitative estimate of drug-likeness (QED) is 0.554. The number of aryl methyl sites for hydroxylation is 2. The van der Waals surface area contributed by atoms with Crippen molar-refractivity contribution in [3.63, 3.8) is 0 Å². The van der Waals surface area contributed by atoms with Gasteiger partial charge in [0, 0.05) is 10.6 Å². The second kappa shape index (κ2) is 9.55. The molecule has 172 valence electrons. The largest absolute Gasteiger partial charge is 0.325 e. The summed E-state index contributed by atoms with van der Waals surface area (Å²) in [6, 6.07) is 7.87. The van der Waals surface area contributed by atoms with Crippen molar-refractivity contribution in [2.45, 2.75) is 67.0 Å². The van der Waals surface area contributed by atoms with Crippen molar-refractivity contribution in [3.05, 3.63) is 56.4 Å². The van der Waals surface area contributed by atoms with E-state index in [9.17, 15) is 9.59 Å². The summed E-state index contributed by atoms with van der Waals surface area (Å²) in [4.78, 5) is 35.2. The zero-order chi connectivity index (χ0) is 23.6. The minimum atomic E-state index is -0.234. The van der Waals surface area contributed by atoms with E-state index < -0.39 is 0 Å². The monoisotopic (exact) mass is 454 g/mol. The van der Waals surface area contributed by atoms with Crippen molar-refractivity contribution in [1.82, 2.24) is 14.5 Å². The van der Waals surface area contributed by atoms with Crippen molar-refractivity contribution < 1.29 is 4.79 Å². The van der Waals surface area contributed by atoms with Crippen LogP contribution in [0.4, 0.5) is 5.69 Å². The SMILES string of the molecule is CCN(CC)Cc1nc2sc(C)c(C)c2c(=O)n1CC(=O)Nc1ccc(C(C)(C)C)cc1. The summed E-state index contributed by atoms with van der Waals surface area (Å²) in [6.07, 6.45) is 0. The molecule has 3 aromatic rings. The van der Waals surface area contributed by atoms with E-state index >= 15 is 0 Å². The van der Waals surface area contributed by atoms with E-state index in [0.29, 0.717) is 17.8 Å². The van der Waals surface area contributed by atoms with Crippen LogP contribution in [0.1, 0.15) is 56.4 Å². The molecule has 1 aromatic carbocycles. The summed E-state index contributed by atoms with van der Waals surface area (Å²) >= 11 is 1.54. The van der Waals surface area contributed by atoms with Gasteiger partial charge in [0.25, 0.3) is 5.56 Å². The molecule has 1 N–H and O–H groups in total. The molecule has 1 amide bonds. The summed E-state index contributed by atoms with van der Waals surface area (Å²) in [7, 11) is 0. The van der Waals surface area contributed by atoms with E-state index in [-0.39, 0.29) is 23.4 Å². The van der Waals surface area contributed by atoms with Crippen LogP contribution in [0.15, 0.2) is 29.1 Å². The van der Waals surface area contributed by atoms with Crippen molar-refractivity contribution in [2.24, 2.45) is 0 Å². The van der Waals surface area contributed by atoms with Gasteiger partial charge >= 0.3 is 0 Å². The number of hydrogen-bond acceptors (Lipinski definition) is 5. The van der Waals surface area contributed by atoms with Gasteiger partial charge in [-0.3, -0.25) is 19.1 Å². The van der Waals surface area contributed by atoms with Crippen molar-refractivity contribution in [1.29, 1.82) is 0 Å². The summed E-state index contributed by atoms with van der Waals surface area (Å²) in [5.74, 6) is 0.396. The number of thiophene rings is 1. The molecule has 6 nitrogen and oxygen atoms in total. The molecule has 2 aromatic heterocycles. The first-order valence-corrected chi connectivity index (χ1v) is 12.0. The van der Waals surface area contributed by atoms with Gasteiger partial charge in [-0.05, 0) is 55.6 Å². The zero-order valence-electron chi connectivity index (χ0n) is 20.2. The normalized spacial score (nSPS) is 12.0. The van der Waals surface area contributed by atoms with Crippen LogP contribution < -0.4 is 10.9 Å². The van der Waals surface area contributed by atoms with Gasteiger partial charge in [-0.15, -0.1) is 11.3 Å². The van der Waals surface area contributed by atoms with Gasteiger partial charge < -0.3 is 5.32 Å². The molecule has 2 heterocycles. The fraction of sp³-hybridized carbons (Fsp3) is 0.480. The highest BCUT2D eigenvalue weighted by molar-refractivity contribution is 7.18. The maximum atomic E-state index is 13.4. The topological polar surface area (TPSA) is 67.2 Å². The summed E-state index contributed by atoms with van der Waals surface area (Å²) in [5, 5.41) is 3.56. The third kappa shape index (κ3) is 5.10. The number of aromatic nitrogens is 2. The predicted molar refractivity (Wildman–Crippen MR) is 134 cm³/mol. The number of carbonyl (C=O) groups is 1. The first-order chi connectivity index (χ1) is 15.0. The van der Waals surface area contributed by atoms with Gasteiger partial charge in [0.2, 0.25) is 5.91 Å². The number of nitrogens with zero attached hydrogens (tertiary/aromatic N) is 3. The zero-order valence-corrected chi connectivity index (χ0v) is 21.0. The Balaban J connectivity index is 1.93. The number of benzene rings is 1. The Morgan fingerprint density at radius 3 is 2.31 bits per heavy atom. The Kier molecular flexibility index (Phi) is 7.20. The van der Waals surface area contributed by atoms with E-state index in [1.165, 1.54) is 16.9 Å². The lowest BCUT2D eigenvalue weighted by molar-refractivity contribution is -0.116. The average Bonchev–Trinajstić information content (AvgIpc) is 3.02. The van der Waals surface area contributed by atoms with E-state index in [1.54, 1.807) is 4.57 Å². The van der Waals surface area contributed by atoms with E-state index in [4.69, 9.17) is 4.98 Å². The maximum absolute atomic E-state index is 13.4. The molecule has 0 atom stereocenters. The van der Waals surface area contributed by atoms with Gasteiger partial charge in [-0.25, -0.2) is 4.98 Å². The molecule has 3 rings (SSSR count). The van der Waals surface area contributed by atoms with Crippen LogP contribution in [0, 0.1) is 13.8 Å². The van der Waals surface area contributed by atoms with Gasteiger partial charge in [-0.1, -0.05) is 46.8 Å². The second-order valence-electron chi connectivity index (χ2n) is 9.22. The van der Waals surface area contributed by atoms with Gasteiger partial charge in [0.05, 0.1) is 11.9 Å². The van der Waals surface area contributed by atoms with Gasteiger partial charge in [0.15, 0.2) is 0 Å². The lowest BCUT2D eigenvalue weighted by Crippen LogP contribution is -2.34. The Morgan fingerprint density at radius 1 is 1.12 bits per heavy atom. The Labute approximate surface area is 194 Å². The van der Waals surface area contributed by atoms with Crippen LogP contribution in [0.2, 0.25) is 0 Å². The molecule has 0 radical (unpaired) electrons. The number of rotatable bonds is 7. The Bertz CT molecular complexity index is 1170. The molecule has 0 aliphatic carbocycles. The predicted octanol–water partition coefficient (Wildman–Crippen LogP) is 4.85. The van der Waals surface area contributed by atoms with E-state index in [2.05, 4.69) is 44.8 Å². The van der Waals surface area contributed by atoms with Crippen LogP contribution in [0.5, 0.6) is 0 Å². The fourth-order valence-corrected chi connectivity index (χ4v) is 4.74. The third-order valence-electron chi connectivity index (χ3n) is 5.96. The number of nitrogens with one attached hydrogen (secondary N) is 1. The van der Waals surface area contributed by atoms with E-state index in [1.807, 2.05) is 38.1 Å². The summed E-state index contributed by atoms with van der Waals surface area (Å²) in [5.41, 5.74) is 2.78. The molecule has 0 bridgehead atoms. The molecule has 0 aliphatic rings. The molecule has 0 aliphatic heterocycles. The third-order valence-corrected chi connectivity index (χ3v) is 7.06. The molecule has 7 heteroatoms. The minimum Gasteiger partial charge on any atom is -0.325 e. The minimum absolute atomic E-state index is 0.0484. The van der Waals surface area contributed by atoms with Gasteiger partial charge in [-0.2, -0.15) is 0 Å². The highest BCUT2D eigenvalue weighted by Crippen LogP contribution is 2.27. The van der Waals surface area contributed by atoms with Crippen LogP contribution in [0.25, 0.3) is 10.2 Å². The number of fused-ring (bicyclic) bond motifs is 1. The standard InChI is InChI=1S/C25H34N4O2S/c1-8-28(9-2)14-20-27-23-22(16(3)17(4)32-23)24(31)29(20)15-21(30)26-19-12-10-18(11-13-19)25(5,6)7/h10-13H,8-9,14-15H2,1-7H3,(H,26,30). The number of carbonyl (C=O) groups excluding carboxylic acids is 1. The lowest BCUT2D eigenvalue weighted by Gasteiger charge is -2.21. The second-order valence-corrected chi connectivity index (χ2v) is 10.4. The van der Waals surface area contributed by atoms with E-state index in [0.717, 1.165) is 34.0 Å². The molecule has 0 fully saturated rings. The molecule has 0 saturated carbocycles. The fourth-order valence-electron chi connectivity index (χ4n) is 3.70. The highest BCUT2D eigenvalue weighted by Gasteiger charge is 2.20. The van der Waals surface area contributed by atoms with Crippen LogP contribution >= 0.6 is 11.3 Å². The molecular formula is C25H34N4O2S. The highest BCUT2D eigenvalue weighted by atomic mass is 32.1. The Morgan fingerprint density at radius 2 is 1.75 bits per heavy atom. The summed E-state index contributed by atoms with van der Waals surface area (Å²) < 4.78 is 1.54. The van der Waals surface area contributed by atoms with Crippen molar-refractivity contribution >= 4 is 33.1 Å². The number of hydrogen-bond donors (Lipinski definition) is 1. The van der Waals surface area contributed by atoms with Crippen LogP contribution in [-0.4, -0.2) is 33.4 Å².